The Balaban J connectivity index is 3.87. The predicted octanol–water partition coefficient (Wildman–Crippen LogP) is 0.246. The summed E-state index contributed by atoms with van der Waals surface area (Å²) in [6.45, 7) is 1.46. The monoisotopic (exact) mass is 210 g/mol. The maximum Gasteiger partial charge on any atom is 0.375 e. The molecule has 84 valence electrons. The zero-order valence-corrected chi connectivity index (χ0v) is 8.55. The minimum Gasteiger partial charge on any atom is -0.477 e. The highest BCUT2D eigenvalue weighted by Crippen LogP contribution is 2.11. The Bertz CT molecular complexity index is 198. The fraction of sp³-hybridized carbons (Fsp3) is 0.875. The average Bonchev–Trinajstić information content (AvgIpc) is 1.99. The first-order valence-electron chi connectivity index (χ1n) is 4.25. The van der Waals surface area contributed by atoms with E-state index in [-0.39, 0.29) is 6.04 Å². The number of alkyl halides is 2. The van der Waals surface area contributed by atoms with Crippen molar-refractivity contribution in [1.82, 2.24) is 10.2 Å². The first kappa shape index (κ1) is 13.2. The number of hydrogen-bond donors (Lipinski definition) is 2. The Morgan fingerprint density at radius 2 is 2.07 bits per heavy atom. The smallest absolute Gasteiger partial charge is 0.375 e. The molecule has 0 saturated carbocycles. The van der Waals surface area contributed by atoms with Crippen LogP contribution in [0.15, 0.2) is 0 Å². The van der Waals surface area contributed by atoms with E-state index in [0.29, 0.717) is 6.54 Å². The normalized spacial score (nSPS) is 14.4. The molecule has 0 radical (unpaired) electrons. The lowest BCUT2D eigenvalue weighted by Gasteiger charge is -2.20. The van der Waals surface area contributed by atoms with Gasteiger partial charge in [0.1, 0.15) is 0 Å². The highest BCUT2D eigenvalue weighted by molar-refractivity contribution is 5.75. The molecule has 0 fully saturated rings. The van der Waals surface area contributed by atoms with Crippen LogP contribution in [0.2, 0.25) is 0 Å². The van der Waals surface area contributed by atoms with Gasteiger partial charge in [0, 0.05) is 12.6 Å². The van der Waals surface area contributed by atoms with E-state index in [4.69, 9.17) is 5.11 Å². The number of carbonyl (C=O) groups is 1. The largest absolute Gasteiger partial charge is 0.477 e. The number of nitrogens with one attached hydrogen (secondary N) is 1. The number of nitrogens with zero attached hydrogens (tertiary/aromatic N) is 1. The molecule has 0 aliphatic rings. The number of halogens is 2. The van der Waals surface area contributed by atoms with Gasteiger partial charge in [-0.1, -0.05) is 0 Å². The summed E-state index contributed by atoms with van der Waals surface area (Å²) in [6, 6.07) is -0.171. The summed E-state index contributed by atoms with van der Waals surface area (Å²) in [4.78, 5) is 11.9. The van der Waals surface area contributed by atoms with E-state index in [9.17, 15) is 13.6 Å². The fourth-order valence-electron chi connectivity index (χ4n) is 0.990. The first-order valence-corrected chi connectivity index (χ1v) is 4.25. The van der Waals surface area contributed by atoms with E-state index in [2.05, 4.69) is 5.32 Å². The van der Waals surface area contributed by atoms with E-state index >= 15 is 0 Å². The molecule has 0 saturated heterocycles. The van der Waals surface area contributed by atoms with Crippen molar-refractivity contribution in [3.63, 3.8) is 0 Å². The van der Waals surface area contributed by atoms with Crippen LogP contribution in [0.3, 0.4) is 0 Å². The van der Waals surface area contributed by atoms with Crippen molar-refractivity contribution in [3.05, 3.63) is 0 Å². The van der Waals surface area contributed by atoms with Crippen LogP contribution < -0.4 is 5.32 Å². The quantitative estimate of drug-likeness (QED) is 0.659. The Hall–Kier alpha value is -0.750. The third-order valence-corrected chi connectivity index (χ3v) is 1.62. The van der Waals surface area contributed by atoms with Gasteiger partial charge < -0.3 is 15.3 Å². The van der Waals surface area contributed by atoms with E-state index in [0.717, 1.165) is 0 Å². The van der Waals surface area contributed by atoms with Crippen molar-refractivity contribution >= 4 is 5.97 Å². The Labute approximate surface area is 81.9 Å². The van der Waals surface area contributed by atoms with E-state index in [1.165, 1.54) is 0 Å². The molecular weight excluding hydrogens is 194 g/mol. The van der Waals surface area contributed by atoms with Crippen molar-refractivity contribution in [1.29, 1.82) is 0 Å². The second-order valence-corrected chi connectivity index (χ2v) is 3.55. The van der Waals surface area contributed by atoms with Gasteiger partial charge in [0.15, 0.2) is 0 Å². The minimum absolute atomic E-state index is 0.171. The van der Waals surface area contributed by atoms with Gasteiger partial charge in [0.05, 0.1) is 6.54 Å². The zero-order chi connectivity index (χ0) is 11.4. The standard InChI is InChI=1S/C8H16F2N2O2/c1-6(4-12(2)3)11-5-8(9,10)7(13)14/h6,11H,4-5H2,1-3H3,(H,13,14). The molecule has 0 spiro atoms. The minimum atomic E-state index is -3.69. The van der Waals surface area contributed by atoms with Crippen molar-refractivity contribution in [2.75, 3.05) is 27.2 Å². The number of hydrogen-bond acceptors (Lipinski definition) is 3. The second kappa shape index (κ2) is 5.21. The number of carboxylic acid groups (broad SMARTS) is 1. The number of rotatable bonds is 6. The highest BCUT2D eigenvalue weighted by atomic mass is 19.3. The average molecular weight is 210 g/mol. The van der Waals surface area contributed by atoms with Gasteiger partial charge in [0.25, 0.3) is 0 Å². The number of carboxylic acids is 1. The van der Waals surface area contributed by atoms with Crippen LogP contribution in [-0.2, 0) is 4.79 Å². The van der Waals surface area contributed by atoms with Crippen molar-refractivity contribution < 1.29 is 18.7 Å². The molecule has 2 N–H and O–H groups in total. The third-order valence-electron chi connectivity index (χ3n) is 1.62. The maximum atomic E-state index is 12.6. The molecule has 0 aromatic heterocycles. The van der Waals surface area contributed by atoms with Gasteiger partial charge in [-0.2, -0.15) is 8.78 Å². The van der Waals surface area contributed by atoms with Gasteiger partial charge in [-0.05, 0) is 21.0 Å². The molecule has 0 aromatic carbocycles. The summed E-state index contributed by atoms with van der Waals surface area (Å²) in [6.07, 6.45) is 0. The maximum absolute atomic E-state index is 12.6. The molecule has 0 aromatic rings. The topological polar surface area (TPSA) is 52.6 Å². The molecule has 1 unspecified atom stereocenters. The lowest BCUT2D eigenvalue weighted by Crippen LogP contribution is -2.45. The molecule has 0 bridgehead atoms. The van der Waals surface area contributed by atoms with Crippen molar-refractivity contribution in [3.8, 4) is 0 Å². The van der Waals surface area contributed by atoms with Crippen LogP contribution in [0.4, 0.5) is 8.78 Å². The Morgan fingerprint density at radius 1 is 1.57 bits per heavy atom. The Kier molecular flexibility index (Phi) is 4.93. The van der Waals surface area contributed by atoms with Crippen molar-refractivity contribution in [2.24, 2.45) is 0 Å². The molecular formula is C8H16F2N2O2. The SMILES string of the molecule is CC(CN(C)C)NCC(F)(F)C(=O)O. The van der Waals surface area contributed by atoms with E-state index < -0.39 is 18.4 Å². The lowest BCUT2D eigenvalue weighted by atomic mass is 10.2. The molecule has 0 aliphatic heterocycles. The fourth-order valence-corrected chi connectivity index (χ4v) is 0.990. The first-order chi connectivity index (χ1) is 6.25. The number of aliphatic carboxylic acids is 1. The van der Waals surface area contributed by atoms with Crippen LogP contribution in [0.1, 0.15) is 6.92 Å². The summed E-state index contributed by atoms with van der Waals surface area (Å²) in [7, 11) is 3.63. The molecule has 14 heavy (non-hydrogen) atoms. The van der Waals surface area contributed by atoms with Gasteiger partial charge >= 0.3 is 11.9 Å². The zero-order valence-electron chi connectivity index (χ0n) is 8.55. The highest BCUT2D eigenvalue weighted by Gasteiger charge is 2.38. The number of likely N-dealkylation sites (N-methyl/N-ethyl adjacent to an activating group) is 1. The van der Waals surface area contributed by atoms with Gasteiger partial charge in [-0.3, -0.25) is 0 Å². The van der Waals surface area contributed by atoms with Crippen LogP contribution >= 0.6 is 0 Å². The van der Waals surface area contributed by atoms with E-state index in [1.807, 2.05) is 19.0 Å². The molecule has 6 heteroatoms. The predicted molar refractivity (Wildman–Crippen MR) is 48.6 cm³/mol. The van der Waals surface area contributed by atoms with Crippen LogP contribution in [0.5, 0.6) is 0 Å². The van der Waals surface area contributed by atoms with Crippen LogP contribution in [0.25, 0.3) is 0 Å². The summed E-state index contributed by atoms with van der Waals surface area (Å²) >= 11 is 0. The molecule has 0 amide bonds. The molecule has 1 atom stereocenters. The van der Waals surface area contributed by atoms with Crippen LogP contribution in [-0.4, -0.2) is 55.1 Å². The summed E-state index contributed by atoms with van der Waals surface area (Å²) in [5.41, 5.74) is 0. The molecule has 0 rings (SSSR count). The third kappa shape index (κ3) is 5.08. The van der Waals surface area contributed by atoms with Gasteiger partial charge in [-0.25, -0.2) is 4.79 Å². The van der Waals surface area contributed by atoms with E-state index in [1.54, 1.807) is 6.92 Å². The summed E-state index contributed by atoms with van der Waals surface area (Å²) < 4.78 is 25.1. The van der Waals surface area contributed by atoms with Gasteiger partial charge in [-0.15, -0.1) is 0 Å². The van der Waals surface area contributed by atoms with Gasteiger partial charge in [0.2, 0.25) is 0 Å². The molecule has 0 heterocycles. The second-order valence-electron chi connectivity index (χ2n) is 3.55. The van der Waals surface area contributed by atoms with Crippen molar-refractivity contribution in [2.45, 2.75) is 18.9 Å². The summed E-state index contributed by atoms with van der Waals surface area (Å²) in [5, 5.41) is 10.6. The summed E-state index contributed by atoms with van der Waals surface area (Å²) in [5.74, 6) is -5.79. The lowest BCUT2D eigenvalue weighted by molar-refractivity contribution is -0.164. The van der Waals surface area contributed by atoms with Crippen LogP contribution in [0, 0.1) is 0 Å². The Morgan fingerprint density at radius 3 is 2.43 bits per heavy atom. The molecule has 4 nitrogen and oxygen atoms in total. The molecule has 0 aliphatic carbocycles.